The summed E-state index contributed by atoms with van der Waals surface area (Å²) in [5, 5.41) is 10.3. The third-order valence-corrected chi connectivity index (χ3v) is 2.16. The number of hydrogen-bond acceptors (Lipinski definition) is 2. The number of rotatable bonds is 3. The van der Waals surface area contributed by atoms with Crippen molar-refractivity contribution in [1.82, 2.24) is 9.88 Å². The number of nitrogens with one attached hydrogen (secondary N) is 1. The monoisotopic (exact) mass is 207 g/mol. The van der Waals surface area contributed by atoms with Gasteiger partial charge >= 0.3 is 0 Å². The highest BCUT2D eigenvalue weighted by Gasteiger charge is 2.07. The minimum absolute atomic E-state index is 0.0265. The summed E-state index contributed by atoms with van der Waals surface area (Å²) in [5.41, 5.74) is 0.976. The van der Waals surface area contributed by atoms with Gasteiger partial charge in [-0.3, -0.25) is 0 Å². The smallest absolute Gasteiger partial charge is 0.125 e. The summed E-state index contributed by atoms with van der Waals surface area (Å²) in [5.74, 6) is 0.0265. The van der Waals surface area contributed by atoms with E-state index in [1.807, 2.05) is 0 Å². The van der Waals surface area contributed by atoms with Crippen LogP contribution < -0.4 is 0 Å². The minimum atomic E-state index is -1.87. The lowest BCUT2D eigenvalue weighted by atomic mass is 10.1. The number of phenols is 1. The van der Waals surface area contributed by atoms with Gasteiger partial charge in [0.15, 0.2) is 0 Å². The van der Waals surface area contributed by atoms with E-state index in [0.29, 0.717) is 16.5 Å². The number of aromatic hydroxyl groups is 1. The summed E-state index contributed by atoms with van der Waals surface area (Å²) in [6.45, 7) is -1.05. The molecule has 0 saturated carbocycles. The molecule has 0 aliphatic heterocycles. The van der Waals surface area contributed by atoms with E-state index in [1.54, 1.807) is 26.2 Å². The zero-order valence-corrected chi connectivity index (χ0v) is 8.78. The zero-order valence-electron chi connectivity index (χ0n) is 11.8. The van der Waals surface area contributed by atoms with Gasteiger partial charge in [-0.1, -0.05) is 6.07 Å². The molecule has 0 amide bonds. The maximum Gasteiger partial charge on any atom is 0.125 e. The molecule has 1 heterocycles. The highest BCUT2D eigenvalue weighted by Crippen LogP contribution is 2.27. The summed E-state index contributed by atoms with van der Waals surface area (Å²) in [7, 11) is 3.31. The van der Waals surface area contributed by atoms with Crippen molar-refractivity contribution in [2.24, 2.45) is 0 Å². The minimum Gasteiger partial charge on any atom is -0.507 e. The fraction of sp³-hybridized carbons (Fsp3) is 0.333. The number of aryl methyl sites for hydroxylation is 1. The van der Waals surface area contributed by atoms with E-state index in [2.05, 4.69) is 4.98 Å². The molecule has 3 nitrogen and oxygen atoms in total. The summed E-state index contributed by atoms with van der Waals surface area (Å²) in [6, 6.07) is 4.98. The van der Waals surface area contributed by atoms with E-state index in [0.717, 1.165) is 0 Å². The van der Waals surface area contributed by atoms with Gasteiger partial charge < -0.3 is 15.0 Å². The van der Waals surface area contributed by atoms with Gasteiger partial charge in [0.25, 0.3) is 0 Å². The first kappa shape index (κ1) is 6.90. The number of phenolic OH excluding ortho intramolecular Hbond substituents is 1. The number of benzene rings is 1. The molecule has 3 heteroatoms. The third kappa shape index (κ3) is 1.97. The van der Waals surface area contributed by atoms with Gasteiger partial charge in [-0.25, -0.2) is 0 Å². The van der Waals surface area contributed by atoms with Crippen molar-refractivity contribution in [3.05, 3.63) is 30.0 Å². The van der Waals surface area contributed by atoms with Crippen LogP contribution in [0.15, 0.2) is 24.4 Å². The Morgan fingerprint density at radius 2 is 2.27 bits per heavy atom. The summed E-state index contributed by atoms with van der Waals surface area (Å²) in [4.78, 5) is 4.43. The number of H-pyrrole nitrogens is 1. The van der Waals surface area contributed by atoms with Crippen molar-refractivity contribution in [2.75, 3.05) is 20.6 Å². The van der Waals surface area contributed by atoms with Crippen LogP contribution in [0.25, 0.3) is 10.9 Å². The first-order valence-electron chi connectivity index (χ1n) is 6.31. The van der Waals surface area contributed by atoms with Gasteiger partial charge in [-0.15, -0.1) is 0 Å². The number of aromatic amines is 1. The van der Waals surface area contributed by atoms with E-state index in [1.165, 1.54) is 17.2 Å². The van der Waals surface area contributed by atoms with E-state index in [9.17, 15) is 5.11 Å². The summed E-state index contributed by atoms with van der Waals surface area (Å²) >= 11 is 0. The lowest BCUT2D eigenvalue weighted by molar-refractivity contribution is 0.414. The average molecular weight is 207 g/mol. The predicted molar refractivity (Wildman–Crippen MR) is 62.2 cm³/mol. The first-order valence-corrected chi connectivity index (χ1v) is 4.74. The van der Waals surface area contributed by atoms with Crippen LogP contribution in [-0.4, -0.2) is 35.6 Å². The largest absolute Gasteiger partial charge is 0.507 e. The molecule has 0 saturated heterocycles. The fourth-order valence-corrected chi connectivity index (χ4v) is 1.48. The highest BCUT2D eigenvalue weighted by atomic mass is 16.3. The Morgan fingerprint density at radius 3 is 3.00 bits per heavy atom. The van der Waals surface area contributed by atoms with Crippen LogP contribution in [-0.2, 0) is 6.37 Å². The Bertz CT molecular complexity index is 565. The molecule has 1 aromatic heterocycles. The van der Waals surface area contributed by atoms with Crippen LogP contribution in [0.4, 0.5) is 0 Å². The summed E-state index contributed by atoms with van der Waals surface area (Å²) in [6.07, 6.45) is -0.351. The van der Waals surface area contributed by atoms with Crippen molar-refractivity contribution in [3.63, 3.8) is 0 Å². The van der Waals surface area contributed by atoms with Gasteiger partial charge in [0.2, 0.25) is 0 Å². The molecule has 0 bridgehead atoms. The Labute approximate surface area is 93.6 Å². The first-order chi connectivity index (χ1) is 8.35. The zero-order chi connectivity index (χ0) is 13.5. The molecule has 0 fully saturated rings. The second-order valence-corrected chi connectivity index (χ2v) is 3.64. The number of fused-ring (bicyclic) bond motifs is 1. The number of nitrogens with zero attached hydrogens (tertiary/aromatic N) is 1. The SMILES string of the molecule is [2H]C(N(C)C)C([2H])([2H])c1c[nH]c2cccc(O)c12. The molecule has 0 radical (unpaired) electrons. The Hall–Kier alpha value is -1.48. The van der Waals surface area contributed by atoms with E-state index in [4.69, 9.17) is 4.11 Å². The molecule has 0 spiro atoms. The van der Waals surface area contributed by atoms with Gasteiger partial charge in [0, 0.05) is 27.7 Å². The molecule has 2 N–H and O–H groups in total. The number of likely N-dealkylation sites (N-methyl/N-ethyl adjacent to an activating group) is 1. The van der Waals surface area contributed by atoms with Gasteiger partial charge in [-0.2, -0.15) is 0 Å². The quantitative estimate of drug-likeness (QED) is 0.807. The molecular formula is C12H16N2O. The molecule has 2 rings (SSSR count). The lowest BCUT2D eigenvalue weighted by Crippen LogP contribution is -2.14. The van der Waals surface area contributed by atoms with Crippen molar-refractivity contribution in [1.29, 1.82) is 0 Å². The second kappa shape index (κ2) is 3.95. The topological polar surface area (TPSA) is 39.3 Å². The van der Waals surface area contributed by atoms with Gasteiger partial charge in [0.1, 0.15) is 5.75 Å². The molecule has 80 valence electrons. The van der Waals surface area contributed by atoms with Crippen LogP contribution in [0.2, 0.25) is 0 Å². The van der Waals surface area contributed by atoms with Crippen LogP contribution in [0.5, 0.6) is 5.75 Å². The van der Waals surface area contributed by atoms with Gasteiger partial charge in [-0.05, 0) is 38.2 Å². The molecule has 0 aliphatic rings. The molecular weight excluding hydrogens is 188 g/mol. The predicted octanol–water partition coefficient (Wildman–Crippen LogP) is 1.98. The fourth-order valence-electron chi connectivity index (χ4n) is 1.48. The Kier molecular flexibility index (Phi) is 1.82. The highest BCUT2D eigenvalue weighted by molar-refractivity contribution is 5.88. The van der Waals surface area contributed by atoms with Crippen molar-refractivity contribution >= 4 is 10.9 Å². The molecule has 1 atom stereocenters. The average Bonchev–Trinajstić information content (AvgIpc) is 2.73. The Balaban J connectivity index is 2.61. The molecule has 15 heavy (non-hydrogen) atoms. The maximum atomic E-state index is 9.86. The van der Waals surface area contributed by atoms with Crippen LogP contribution in [0, 0.1) is 0 Å². The van der Waals surface area contributed by atoms with Crippen LogP contribution in [0.3, 0.4) is 0 Å². The third-order valence-electron chi connectivity index (χ3n) is 2.16. The van der Waals surface area contributed by atoms with Crippen molar-refractivity contribution < 1.29 is 9.22 Å². The van der Waals surface area contributed by atoms with Crippen molar-refractivity contribution in [3.8, 4) is 5.75 Å². The molecule has 0 aliphatic carbocycles. The lowest BCUT2D eigenvalue weighted by Gasteiger charge is -2.08. The van der Waals surface area contributed by atoms with E-state index < -0.39 is 12.9 Å². The summed E-state index contributed by atoms with van der Waals surface area (Å²) < 4.78 is 24.1. The van der Waals surface area contributed by atoms with E-state index in [-0.39, 0.29) is 5.75 Å². The van der Waals surface area contributed by atoms with Crippen LogP contribution >= 0.6 is 0 Å². The molecule has 1 unspecified atom stereocenters. The van der Waals surface area contributed by atoms with E-state index >= 15 is 0 Å². The number of aromatic nitrogens is 1. The molecule has 1 aromatic carbocycles. The Morgan fingerprint density at radius 1 is 1.47 bits per heavy atom. The van der Waals surface area contributed by atoms with Crippen LogP contribution in [0.1, 0.15) is 9.68 Å². The standard InChI is InChI=1S/C12H16N2O/c1-14(2)7-6-9-8-13-10-4-3-5-11(15)12(9)10/h3-5,8,13,15H,6-7H2,1-2H3/i6D2,7D. The normalized spacial score (nSPS) is 17.4. The van der Waals surface area contributed by atoms with Crippen molar-refractivity contribution in [2.45, 2.75) is 6.37 Å². The van der Waals surface area contributed by atoms with Gasteiger partial charge in [0.05, 0.1) is 0 Å². The second-order valence-electron chi connectivity index (χ2n) is 3.64. The molecule has 2 aromatic rings. The number of hydrogen-bond donors (Lipinski definition) is 2. The maximum absolute atomic E-state index is 9.86.